The third kappa shape index (κ3) is 2.54. The van der Waals surface area contributed by atoms with E-state index >= 15 is 0 Å². The molecule has 2 rings (SSSR count). The van der Waals surface area contributed by atoms with Gasteiger partial charge >= 0.3 is 0 Å². The zero-order valence-electron chi connectivity index (χ0n) is 10.3. The van der Waals surface area contributed by atoms with Gasteiger partial charge in [0.25, 0.3) is 0 Å². The highest BCUT2D eigenvalue weighted by atomic mass is 32.2. The van der Waals surface area contributed by atoms with E-state index in [-0.39, 0.29) is 0 Å². The summed E-state index contributed by atoms with van der Waals surface area (Å²) in [5.41, 5.74) is 1.87. The fourth-order valence-electron chi connectivity index (χ4n) is 1.76. The molecule has 0 radical (unpaired) electrons. The highest BCUT2D eigenvalue weighted by Gasteiger charge is 2.08. The van der Waals surface area contributed by atoms with Crippen molar-refractivity contribution in [3.05, 3.63) is 48.5 Å². The van der Waals surface area contributed by atoms with Gasteiger partial charge in [-0.15, -0.1) is 0 Å². The normalized spacial score (nSPS) is 11.2. The van der Waals surface area contributed by atoms with Crippen molar-refractivity contribution in [3.63, 3.8) is 0 Å². The van der Waals surface area contributed by atoms with Gasteiger partial charge in [0.1, 0.15) is 5.75 Å². The van der Waals surface area contributed by atoms with Crippen LogP contribution in [0.25, 0.3) is 11.1 Å². The molecule has 0 aliphatic rings. The maximum Gasteiger partial charge on any atom is 0.175 e. The van der Waals surface area contributed by atoms with Crippen LogP contribution in [0.2, 0.25) is 0 Å². The van der Waals surface area contributed by atoms with Crippen molar-refractivity contribution in [2.45, 2.75) is 4.90 Å². The number of ether oxygens (including phenoxy) is 1. The Hall–Kier alpha value is -1.81. The number of para-hydroxylation sites is 1. The summed E-state index contributed by atoms with van der Waals surface area (Å²) in [4.78, 5) is 0.321. The molecular formula is C14H14O3S. The Bertz CT molecular complexity index is 643. The number of methoxy groups -OCH3 is 1. The van der Waals surface area contributed by atoms with Crippen LogP contribution in [0.4, 0.5) is 0 Å². The monoisotopic (exact) mass is 262 g/mol. The van der Waals surface area contributed by atoms with Gasteiger partial charge in [-0.25, -0.2) is 8.42 Å². The van der Waals surface area contributed by atoms with Crippen LogP contribution in [0, 0.1) is 0 Å². The SMILES string of the molecule is COc1ccccc1-c1ccc(S(C)(=O)=O)cc1. The maximum atomic E-state index is 11.4. The van der Waals surface area contributed by atoms with Crippen molar-refractivity contribution in [2.75, 3.05) is 13.4 Å². The quantitative estimate of drug-likeness (QED) is 0.854. The summed E-state index contributed by atoms with van der Waals surface area (Å²) in [5, 5.41) is 0. The second-order valence-electron chi connectivity index (χ2n) is 4.00. The minimum Gasteiger partial charge on any atom is -0.496 e. The van der Waals surface area contributed by atoms with E-state index in [1.165, 1.54) is 6.26 Å². The van der Waals surface area contributed by atoms with E-state index in [9.17, 15) is 8.42 Å². The van der Waals surface area contributed by atoms with E-state index < -0.39 is 9.84 Å². The Morgan fingerprint density at radius 2 is 1.56 bits per heavy atom. The molecule has 0 saturated carbocycles. The molecule has 0 amide bonds. The van der Waals surface area contributed by atoms with Gasteiger partial charge < -0.3 is 4.74 Å². The highest BCUT2D eigenvalue weighted by molar-refractivity contribution is 7.90. The van der Waals surface area contributed by atoms with Gasteiger partial charge in [-0.1, -0.05) is 30.3 Å². The molecule has 4 heteroatoms. The predicted molar refractivity (Wildman–Crippen MR) is 71.5 cm³/mol. The highest BCUT2D eigenvalue weighted by Crippen LogP contribution is 2.29. The van der Waals surface area contributed by atoms with Crippen LogP contribution in [0.15, 0.2) is 53.4 Å². The second-order valence-corrected chi connectivity index (χ2v) is 6.01. The van der Waals surface area contributed by atoms with Gasteiger partial charge in [0.15, 0.2) is 9.84 Å². The molecule has 0 atom stereocenters. The Morgan fingerprint density at radius 3 is 2.11 bits per heavy atom. The zero-order valence-corrected chi connectivity index (χ0v) is 11.1. The first-order chi connectivity index (χ1) is 8.52. The molecule has 0 aliphatic heterocycles. The predicted octanol–water partition coefficient (Wildman–Crippen LogP) is 2.77. The lowest BCUT2D eigenvalue weighted by molar-refractivity contribution is 0.416. The van der Waals surface area contributed by atoms with Crippen LogP contribution in [0.5, 0.6) is 5.75 Å². The maximum absolute atomic E-state index is 11.4. The summed E-state index contributed by atoms with van der Waals surface area (Å²) in [6.07, 6.45) is 1.20. The van der Waals surface area contributed by atoms with Crippen molar-refractivity contribution in [2.24, 2.45) is 0 Å². The lowest BCUT2D eigenvalue weighted by Gasteiger charge is -2.08. The lowest BCUT2D eigenvalue weighted by atomic mass is 10.1. The summed E-state index contributed by atoms with van der Waals surface area (Å²) in [7, 11) is -1.53. The molecule has 0 spiro atoms. The van der Waals surface area contributed by atoms with Crippen molar-refractivity contribution >= 4 is 9.84 Å². The van der Waals surface area contributed by atoms with Crippen LogP contribution in [0.3, 0.4) is 0 Å². The number of rotatable bonds is 3. The van der Waals surface area contributed by atoms with Gasteiger partial charge in [0, 0.05) is 11.8 Å². The van der Waals surface area contributed by atoms with E-state index in [1.807, 2.05) is 24.3 Å². The van der Waals surface area contributed by atoms with E-state index in [1.54, 1.807) is 31.4 Å². The van der Waals surface area contributed by atoms with Gasteiger partial charge in [-0.3, -0.25) is 0 Å². The smallest absolute Gasteiger partial charge is 0.175 e. The molecule has 0 bridgehead atoms. The van der Waals surface area contributed by atoms with Gasteiger partial charge in [0.2, 0.25) is 0 Å². The Labute approximate surface area is 107 Å². The first-order valence-corrected chi connectivity index (χ1v) is 7.35. The second kappa shape index (κ2) is 4.82. The summed E-state index contributed by atoms with van der Waals surface area (Å²) in [6.45, 7) is 0. The number of hydrogen-bond donors (Lipinski definition) is 0. The largest absolute Gasteiger partial charge is 0.496 e. The Morgan fingerprint density at radius 1 is 0.944 bits per heavy atom. The lowest BCUT2D eigenvalue weighted by Crippen LogP contribution is -1.96. The summed E-state index contributed by atoms with van der Waals surface area (Å²) in [5.74, 6) is 0.768. The minimum absolute atomic E-state index is 0.321. The molecule has 2 aromatic carbocycles. The molecule has 0 N–H and O–H groups in total. The summed E-state index contributed by atoms with van der Waals surface area (Å²) < 4.78 is 28.0. The molecule has 2 aromatic rings. The van der Waals surface area contributed by atoms with Crippen molar-refractivity contribution in [1.29, 1.82) is 0 Å². The van der Waals surface area contributed by atoms with Crippen molar-refractivity contribution < 1.29 is 13.2 Å². The molecule has 0 aromatic heterocycles. The molecule has 3 nitrogen and oxygen atoms in total. The minimum atomic E-state index is -3.15. The molecule has 94 valence electrons. The molecule has 0 aliphatic carbocycles. The average molecular weight is 262 g/mol. The van der Waals surface area contributed by atoms with Crippen LogP contribution in [-0.2, 0) is 9.84 Å². The van der Waals surface area contributed by atoms with Crippen LogP contribution in [-0.4, -0.2) is 21.8 Å². The van der Waals surface area contributed by atoms with E-state index in [4.69, 9.17) is 4.74 Å². The van der Waals surface area contributed by atoms with Crippen LogP contribution >= 0.6 is 0 Å². The topological polar surface area (TPSA) is 43.4 Å². The molecule has 0 fully saturated rings. The number of hydrogen-bond acceptors (Lipinski definition) is 3. The Balaban J connectivity index is 2.47. The standard InChI is InChI=1S/C14H14O3S/c1-17-14-6-4-3-5-13(14)11-7-9-12(10-8-11)18(2,15)16/h3-10H,1-2H3. The number of sulfone groups is 1. The van der Waals surface area contributed by atoms with Crippen molar-refractivity contribution in [3.8, 4) is 16.9 Å². The van der Waals surface area contributed by atoms with Crippen LogP contribution in [0.1, 0.15) is 0 Å². The molecule has 18 heavy (non-hydrogen) atoms. The third-order valence-electron chi connectivity index (χ3n) is 2.70. The first kappa shape index (κ1) is 12.6. The molecule has 0 unspecified atom stereocenters. The van der Waals surface area contributed by atoms with Crippen LogP contribution < -0.4 is 4.74 Å². The average Bonchev–Trinajstić information content (AvgIpc) is 2.38. The van der Waals surface area contributed by atoms with Gasteiger partial charge in [-0.05, 0) is 23.8 Å². The van der Waals surface area contributed by atoms with Gasteiger partial charge in [0.05, 0.1) is 12.0 Å². The van der Waals surface area contributed by atoms with Gasteiger partial charge in [-0.2, -0.15) is 0 Å². The molecule has 0 saturated heterocycles. The summed E-state index contributed by atoms with van der Waals surface area (Å²) in [6, 6.07) is 14.4. The van der Waals surface area contributed by atoms with Crippen molar-refractivity contribution in [1.82, 2.24) is 0 Å². The molecule has 0 heterocycles. The summed E-state index contributed by atoms with van der Waals surface area (Å²) >= 11 is 0. The molecular weight excluding hydrogens is 248 g/mol. The third-order valence-corrected chi connectivity index (χ3v) is 3.83. The van der Waals surface area contributed by atoms with E-state index in [0.717, 1.165) is 16.9 Å². The first-order valence-electron chi connectivity index (χ1n) is 5.46. The zero-order chi connectivity index (χ0) is 13.2. The Kier molecular flexibility index (Phi) is 3.39. The number of benzene rings is 2. The van der Waals surface area contributed by atoms with E-state index in [2.05, 4.69) is 0 Å². The fraction of sp³-hybridized carbons (Fsp3) is 0.143. The van der Waals surface area contributed by atoms with E-state index in [0.29, 0.717) is 4.90 Å². The fourth-order valence-corrected chi connectivity index (χ4v) is 2.40.